The molecule has 0 fully saturated rings. The summed E-state index contributed by atoms with van der Waals surface area (Å²) >= 11 is 0. The number of amides is 1. The lowest BCUT2D eigenvalue weighted by Gasteiger charge is -2.05. The first-order valence-corrected chi connectivity index (χ1v) is 10.2. The van der Waals surface area contributed by atoms with E-state index in [1.807, 2.05) is 0 Å². The maximum Gasteiger partial charge on any atom is 0.289 e. The molecule has 0 aliphatic rings. The van der Waals surface area contributed by atoms with Gasteiger partial charge >= 0.3 is 0 Å². The number of nitrogens with two attached hydrogens (primary N) is 1. The van der Waals surface area contributed by atoms with Gasteiger partial charge in [-0.25, -0.2) is 9.19 Å². The lowest BCUT2D eigenvalue weighted by molar-refractivity contribution is 0.101. The number of rotatable bonds is 2. The van der Waals surface area contributed by atoms with Gasteiger partial charge in [0.05, 0.1) is 15.3 Å². The minimum Gasteiger partial charge on any atom is -0.508 e. The fourth-order valence-corrected chi connectivity index (χ4v) is 3.56. The van der Waals surface area contributed by atoms with Crippen LogP contribution in [-0.4, -0.2) is 26.5 Å². The first kappa shape index (κ1) is 19.1. The van der Waals surface area contributed by atoms with Gasteiger partial charge in [-0.2, -0.15) is 4.36 Å². The van der Waals surface area contributed by atoms with Crippen molar-refractivity contribution in [1.82, 2.24) is 4.98 Å². The van der Waals surface area contributed by atoms with Gasteiger partial charge in [-0.3, -0.25) is 4.79 Å². The number of anilines is 1. The van der Waals surface area contributed by atoms with Crippen LogP contribution in [0.4, 0.5) is 5.82 Å². The first-order valence-electron chi connectivity index (χ1n) is 8.23. The molecule has 0 saturated heterocycles. The Kier molecular flexibility index (Phi) is 5.43. The van der Waals surface area contributed by atoms with Gasteiger partial charge in [-0.1, -0.05) is 36.1 Å². The van der Waals surface area contributed by atoms with E-state index in [4.69, 9.17) is 5.73 Å². The molecule has 140 valence electrons. The lowest BCUT2D eigenvalue weighted by atomic mass is 10.1. The van der Waals surface area contributed by atoms with Gasteiger partial charge in [0, 0.05) is 28.5 Å². The van der Waals surface area contributed by atoms with Crippen molar-refractivity contribution in [2.24, 2.45) is 4.36 Å². The van der Waals surface area contributed by atoms with Crippen molar-refractivity contribution in [3.05, 3.63) is 83.6 Å². The Morgan fingerprint density at radius 1 is 1.07 bits per heavy atom. The predicted molar refractivity (Wildman–Crippen MR) is 108 cm³/mol. The van der Waals surface area contributed by atoms with Gasteiger partial charge in [0.15, 0.2) is 0 Å². The van der Waals surface area contributed by atoms with Crippen molar-refractivity contribution in [3.63, 3.8) is 0 Å². The van der Waals surface area contributed by atoms with E-state index in [1.165, 1.54) is 24.6 Å². The number of aromatic hydroxyl groups is 1. The number of phenolic OH excluding ortho intramolecular Hbond substituents is 1. The molecule has 0 radical (unpaired) electrons. The van der Waals surface area contributed by atoms with E-state index in [0.717, 1.165) is 0 Å². The third kappa shape index (κ3) is 4.55. The summed E-state index contributed by atoms with van der Waals surface area (Å²) in [5.41, 5.74) is 6.89. The number of pyridine rings is 1. The second kappa shape index (κ2) is 7.94. The molecule has 3 N–H and O–H groups in total. The smallest absolute Gasteiger partial charge is 0.289 e. The third-order valence-electron chi connectivity index (χ3n) is 3.78. The molecule has 1 amide bonds. The number of carbonyl (C=O) groups excluding carboxylic acids is 1. The number of hydrogen-bond donors (Lipinski definition) is 2. The highest BCUT2D eigenvalue weighted by atomic mass is 32.2. The summed E-state index contributed by atoms with van der Waals surface area (Å²) in [6, 6.07) is 16.5. The Balaban J connectivity index is 1.95. The second-order valence-electron chi connectivity index (χ2n) is 5.97. The minimum atomic E-state index is -2.92. The molecule has 0 saturated carbocycles. The zero-order valence-electron chi connectivity index (χ0n) is 15.0. The fourth-order valence-electron chi connectivity index (χ4n) is 2.38. The van der Waals surface area contributed by atoms with Crippen LogP contribution in [0.5, 0.6) is 5.75 Å². The van der Waals surface area contributed by atoms with Gasteiger partial charge in [-0.05, 0) is 36.4 Å². The summed E-state index contributed by atoms with van der Waals surface area (Å²) in [6.45, 7) is 0. The molecule has 1 atom stereocenters. The molecule has 1 heterocycles. The molecule has 1 unspecified atom stereocenters. The molecule has 28 heavy (non-hydrogen) atoms. The minimum absolute atomic E-state index is 0.0140. The zero-order valence-corrected chi connectivity index (χ0v) is 15.8. The molecule has 3 aromatic rings. The van der Waals surface area contributed by atoms with Crippen molar-refractivity contribution in [1.29, 1.82) is 0 Å². The summed E-state index contributed by atoms with van der Waals surface area (Å²) in [5, 5.41) is 9.48. The summed E-state index contributed by atoms with van der Waals surface area (Å²) in [7, 11) is -2.92. The van der Waals surface area contributed by atoms with Crippen LogP contribution in [0, 0.1) is 11.8 Å². The standard InChI is InChI=1S/C21H17N3O3S/c1-28(27,18-8-3-2-4-9-18)24-21(26)19-13-16(14-23-20(19)22)11-10-15-6-5-7-17(25)12-15/h2-9,12-14,25H,1H3,(H2,22,23). The predicted octanol–water partition coefficient (Wildman–Crippen LogP) is 3.07. The van der Waals surface area contributed by atoms with Crippen LogP contribution in [0.2, 0.25) is 0 Å². The van der Waals surface area contributed by atoms with E-state index in [1.54, 1.807) is 48.5 Å². The van der Waals surface area contributed by atoms with E-state index in [-0.39, 0.29) is 17.1 Å². The Hall–Kier alpha value is -3.63. The van der Waals surface area contributed by atoms with Gasteiger partial charge in [0.2, 0.25) is 0 Å². The van der Waals surface area contributed by atoms with Crippen LogP contribution in [-0.2, 0) is 9.73 Å². The number of nitrogen functional groups attached to an aromatic ring is 1. The molecule has 0 aliphatic heterocycles. The number of hydrogen-bond acceptors (Lipinski definition) is 5. The van der Waals surface area contributed by atoms with Crippen LogP contribution in [0.1, 0.15) is 21.5 Å². The van der Waals surface area contributed by atoms with Crippen molar-refractivity contribution in [2.45, 2.75) is 4.90 Å². The first-order chi connectivity index (χ1) is 13.3. The summed E-state index contributed by atoms with van der Waals surface area (Å²) in [4.78, 5) is 17.0. The average Bonchev–Trinajstić information content (AvgIpc) is 2.67. The molecule has 0 aliphatic carbocycles. The van der Waals surface area contributed by atoms with Crippen molar-refractivity contribution in [2.75, 3.05) is 12.0 Å². The molecule has 1 aromatic heterocycles. The van der Waals surface area contributed by atoms with Gasteiger partial charge in [0.1, 0.15) is 11.6 Å². The highest BCUT2D eigenvalue weighted by Gasteiger charge is 2.15. The number of phenols is 1. The van der Waals surface area contributed by atoms with E-state index in [0.29, 0.717) is 16.0 Å². The van der Waals surface area contributed by atoms with Crippen LogP contribution in [0.25, 0.3) is 0 Å². The summed E-state index contributed by atoms with van der Waals surface area (Å²) in [5.74, 6) is 5.11. The molecule has 7 heteroatoms. The number of benzene rings is 2. The number of carbonyl (C=O) groups is 1. The highest BCUT2D eigenvalue weighted by molar-refractivity contribution is 7.93. The maximum absolute atomic E-state index is 12.8. The molecule has 6 nitrogen and oxygen atoms in total. The van der Waals surface area contributed by atoms with E-state index in [9.17, 15) is 14.1 Å². The Bertz CT molecular complexity index is 1220. The fraction of sp³-hybridized carbons (Fsp3) is 0.0476. The van der Waals surface area contributed by atoms with E-state index >= 15 is 0 Å². The van der Waals surface area contributed by atoms with Crippen LogP contribution in [0.3, 0.4) is 0 Å². The molecule has 0 spiro atoms. The Morgan fingerprint density at radius 2 is 1.79 bits per heavy atom. The second-order valence-corrected chi connectivity index (χ2v) is 8.23. The van der Waals surface area contributed by atoms with Crippen LogP contribution in [0.15, 0.2) is 76.1 Å². The molecular weight excluding hydrogens is 374 g/mol. The monoisotopic (exact) mass is 391 g/mol. The van der Waals surface area contributed by atoms with E-state index < -0.39 is 15.6 Å². The largest absolute Gasteiger partial charge is 0.508 e. The van der Waals surface area contributed by atoms with Gasteiger partial charge in [0.25, 0.3) is 5.91 Å². The van der Waals surface area contributed by atoms with Crippen molar-refractivity contribution >= 4 is 21.5 Å². The number of nitrogens with zero attached hydrogens (tertiary/aromatic N) is 2. The van der Waals surface area contributed by atoms with Crippen LogP contribution < -0.4 is 5.73 Å². The van der Waals surface area contributed by atoms with Gasteiger partial charge < -0.3 is 10.8 Å². The van der Waals surface area contributed by atoms with Crippen molar-refractivity contribution in [3.8, 4) is 17.6 Å². The number of aromatic nitrogens is 1. The van der Waals surface area contributed by atoms with Gasteiger partial charge in [-0.15, -0.1) is 0 Å². The van der Waals surface area contributed by atoms with Crippen molar-refractivity contribution < 1.29 is 14.1 Å². The molecule has 2 aromatic carbocycles. The summed E-state index contributed by atoms with van der Waals surface area (Å²) < 4.78 is 16.7. The SMILES string of the molecule is CS(=O)(=NC(=O)c1cc(C#Cc2cccc(O)c2)cnc1N)c1ccccc1. The highest BCUT2D eigenvalue weighted by Crippen LogP contribution is 2.17. The molecule has 0 bridgehead atoms. The quantitative estimate of drug-likeness (QED) is 0.653. The van der Waals surface area contributed by atoms with E-state index in [2.05, 4.69) is 21.2 Å². The van der Waals surface area contributed by atoms with Crippen LogP contribution >= 0.6 is 0 Å². The Morgan fingerprint density at radius 3 is 2.50 bits per heavy atom. The molecular formula is C21H17N3O3S. The molecule has 3 rings (SSSR count). The average molecular weight is 391 g/mol. The Labute approximate surface area is 163 Å². The topological polar surface area (TPSA) is 106 Å². The summed E-state index contributed by atoms with van der Waals surface area (Å²) in [6.07, 6.45) is 2.83. The third-order valence-corrected chi connectivity index (χ3v) is 5.44. The maximum atomic E-state index is 12.8. The lowest BCUT2D eigenvalue weighted by Crippen LogP contribution is -2.08. The zero-order chi connectivity index (χ0) is 20.1. The normalized spacial score (nSPS) is 12.3.